The minimum absolute atomic E-state index is 0.253. The summed E-state index contributed by atoms with van der Waals surface area (Å²) in [6, 6.07) is 8.05. The van der Waals surface area contributed by atoms with Crippen molar-refractivity contribution in [2.75, 3.05) is 20.8 Å². The molecule has 2 rings (SSSR count). The van der Waals surface area contributed by atoms with Crippen LogP contribution in [0.25, 0.3) is 0 Å². The molecule has 0 aliphatic rings. The second-order valence-electron chi connectivity index (χ2n) is 4.70. The number of nitrogens with zero attached hydrogens (tertiary/aromatic N) is 3. The molecular formula is C15H19N3O3. The lowest BCUT2D eigenvalue weighted by molar-refractivity contribution is 0.0592. The zero-order valence-electron chi connectivity index (χ0n) is 12.5. The summed E-state index contributed by atoms with van der Waals surface area (Å²) in [7, 11) is 2.95. The summed E-state index contributed by atoms with van der Waals surface area (Å²) in [5.41, 5.74) is 3.29. The van der Waals surface area contributed by atoms with E-state index in [0.29, 0.717) is 19.6 Å². The van der Waals surface area contributed by atoms with Crippen LogP contribution in [0.5, 0.6) is 0 Å². The Morgan fingerprint density at radius 1 is 1.29 bits per heavy atom. The quantitative estimate of drug-likeness (QED) is 0.756. The van der Waals surface area contributed by atoms with E-state index >= 15 is 0 Å². The molecule has 0 atom stereocenters. The Balaban J connectivity index is 2.32. The van der Waals surface area contributed by atoms with Crippen LogP contribution in [0.3, 0.4) is 0 Å². The molecule has 21 heavy (non-hydrogen) atoms. The Hall–Kier alpha value is -2.21. The highest BCUT2D eigenvalue weighted by molar-refractivity contribution is 5.88. The number of aromatic nitrogens is 3. The maximum Gasteiger partial charge on any atom is 0.360 e. The van der Waals surface area contributed by atoms with Crippen molar-refractivity contribution in [3.05, 3.63) is 46.8 Å². The van der Waals surface area contributed by atoms with E-state index in [-0.39, 0.29) is 5.69 Å². The number of esters is 1. The zero-order valence-corrected chi connectivity index (χ0v) is 12.5. The summed E-state index contributed by atoms with van der Waals surface area (Å²) in [4.78, 5) is 11.8. The third-order valence-corrected chi connectivity index (χ3v) is 3.34. The molecule has 6 nitrogen and oxygen atoms in total. The third kappa shape index (κ3) is 3.46. The Labute approximate surface area is 123 Å². The minimum atomic E-state index is -0.475. The molecule has 0 N–H and O–H groups in total. The molecule has 1 heterocycles. The van der Waals surface area contributed by atoms with E-state index < -0.39 is 5.97 Å². The van der Waals surface area contributed by atoms with Crippen LogP contribution in [-0.2, 0) is 22.4 Å². The van der Waals surface area contributed by atoms with Crippen molar-refractivity contribution in [2.45, 2.75) is 19.9 Å². The van der Waals surface area contributed by atoms with Gasteiger partial charge in [0.15, 0.2) is 5.69 Å². The van der Waals surface area contributed by atoms with E-state index in [1.54, 1.807) is 11.8 Å². The molecule has 1 aromatic heterocycles. The molecule has 6 heteroatoms. The molecule has 0 amide bonds. The molecule has 0 aliphatic heterocycles. The van der Waals surface area contributed by atoms with Crippen molar-refractivity contribution < 1.29 is 14.3 Å². The summed E-state index contributed by atoms with van der Waals surface area (Å²) in [6.07, 6.45) is 0.555. The van der Waals surface area contributed by atoms with Gasteiger partial charge in [-0.15, -0.1) is 5.10 Å². The van der Waals surface area contributed by atoms with E-state index in [2.05, 4.69) is 10.3 Å². The van der Waals surface area contributed by atoms with Crippen molar-refractivity contribution >= 4 is 5.97 Å². The van der Waals surface area contributed by atoms with Crippen molar-refractivity contribution in [3.8, 4) is 0 Å². The number of carbonyl (C=O) groups is 1. The first-order valence-electron chi connectivity index (χ1n) is 6.71. The van der Waals surface area contributed by atoms with Crippen LogP contribution < -0.4 is 0 Å². The standard InChI is InChI=1S/C15H19N3O3/c1-11-6-4-5-7-12(11)10-18-13(8-9-20-2)14(16-17-18)15(19)21-3/h4-7H,8-10H2,1-3H3. The van der Waals surface area contributed by atoms with Crippen molar-refractivity contribution in [1.82, 2.24) is 15.0 Å². The molecule has 0 radical (unpaired) electrons. The largest absolute Gasteiger partial charge is 0.464 e. The van der Waals surface area contributed by atoms with Gasteiger partial charge in [-0.05, 0) is 18.1 Å². The SMILES string of the molecule is COCCc1c(C(=O)OC)nnn1Cc1ccccc1C. The Bertz CT molecular complexity index is 622. The number of carbonyl (C=O) groups excluding carboxylic acids is 1. The average Bonchev–Trinajstić information content (AvgIpc) is 2.89. The number of benzene rings is 1. The summed E-state index contributed by atoms with van der Waals surface area (Å²) in [6.45, 7) is 3.10. The van der Waals surface area contributed by atoms with Gasteiger partial charge in [0.2, 0.25) is 0 Å². The van der Waals surface area contributed by atoms with Crippen LogP contribution >= 0.6 is 0 Å². The molecule has 0 saturated carbocycles. The van der Waals surface area contributed by atoms with Gasteiger partial charge in [0.05, 0.1) is 26.0 Å². The number of methoxy groups -OCH3 is 2. The lowest BCUT2D eigenvalue weighted by Crippen LogP contribution is -2.13. The number of aryl methyl sites for hydroxylation is 1. The zero-order chi connectivity index (χ0) is 15.2. The Kier molecular flexibility index (Phi) is 5.05. The van der Waals surface area contributed by atoms with Gasteiger partial charge in [0.25, 0.3) is 0 Å². The number of rotatable bonds is 6. The van der Waals surface area contributed by atoms with Crippen LogP contribution in [-0.4, -0.2) is 41.8 Å². The molecule has 0 spiro atoms. The second-order valence-corrected chi connectivity index (χ2v) is 4.70. The lowest BCUT2D eigenvalue weighted by Gasteiger charge is -2.09. The molecule has 0 fully saturated rings. The van der Waals surface area contributed by atoms with Gasteiger partial charge in [0, 0.05) is 13.5 Å². The average molecular weight is 289 g/mol. The minimum Gasteiger partial charge on any atom is -0.464 e. The van der Waals surface area contributed by atoms with E-state index in [4.69, 9.17) is 9.47 Å². The second kappa shape index (κ2) is 6.99. The molecule has 1 aromatic carbocycles. The Morgan fingerprint density at radius 3 is 2.71 bits per heavy atom. The smallest absolute Gasteiger partial charge is 0.360 e. The highest BCUT2D eigenvalue weighted by Gasteiger charge is 2.20. The van der Waals surface area contributed by atoms with E-state index in [0.717, 1.165) is 11.3 Å². The molecule has 0 aliphatic carbocycles. The maximum absolute atomic E-state index is 11.8. The van der Waals surface area contributed by atoms with Gasteiger partial charge in [-0.2, -0.15) is 0 Å². The summed E-state index contributed by atoms with van der Waals surface area (Å²) < 4.78 is 11.6. The van der Waals surface area contributed by atoms with Crippen LogP contribution in [0.2, 0.25) is 0 Å². The lowest BCUT2D eigenvalue weighted by atomic mass is 10.1. The van der Waals surface area contributed by atoms with Gasteiger partial charge in [-0.1, -0.05) is 29.5 Å². The predicted octanol–water partition coefficient (Wildman–Crippen LogP) is 1.61. The number of hydrogen-bond acceptors (Lipinski definition) is 5. The number of hydrogen-bond donors (Lipinski definition) is 0. The van der Waals surface area contributed by atoms with Crippen molar-refractivity contribution in [3.63, 3.8) is 0 Å². The number of ether oxygens (including phenoxy) is 2. The summed E-state index contributed by atoms with van der Waals surface area (Å²) >= 11 is 0. The molecule has 0 bridgehead atoms. The van der Waals surface area contributed by atoms with Gasteiger partial charge >= 0.3 is 5.97 Å². The fourth-order valence-electron chi connectivity index (χ4n) is 2.11. The summed E-state index contributed by atoms with van der Waals surface area (Å²) in [5, 5.41) is 8.03. The summed E-state index contributed by atoms with van der Waals surface area (Å²) in [5.74, 6) is -0.475. The van der Waals surface area contributed by atoms with Crippen LogP contribution in [0.4, 0.5) is 0 Å². The van der Waals surface area contributed by atoms with E-state index in [1.165, 1.54) is 12.7 Å². The van der Waals surface area contributed by atoms with Crippen LogP contribution in [0.15, 0.2) is 24.3 Å². The molecule has 0 saturated heterocycles. The third-order valence-electron chi connectivity index (χ3n) is 3.34. The van der Waals surface area contributed by atoms with Crippen LogP contribution in [0.1, 0.15) is 27.3 Å². The van der Waals surface area contributed by atoms with Gasteiger partial charge in [-0.3, -0.25) is 0 Å². The van der Waals surface area contributed by atoms with E-state index in [1.807, 2.05) is 31.2 Å². The normalized spacial score (nSPS) is 10.6. The monoisotopic (exact) mass is 289 g/mol. The molecular weight excluding hydrogens is 270 g/mol. The predicted molar refractivity (Wildman–Crippen MR) is 77.2 cm³/mol. The highest BCUT2D eigenvalue weighted by atomic mass is 16.5. The molecule has 0 unspecified atom stereocenters. The van der Waals surface area contributed by atoms with Gasteiger partial charge < -0.3 is 9.47 Å². The maximum atomic E-state index is 11.8. The molecule has 2 aromatic rings. The van der Waals surface area contributed by atoms with Crippen LogP contribution in [0, 0.1) is 6.92 Å². The molecule has 112 valence electrons. The first-order valence-corrected chi connectivity index (χ1v) is 6.71. The van der Waals surface area contributed by atoms with Gasteiger partial charge in [-0.25, -0.2) is 9.48 Å². The van der Waals surface area contributed by atoms with E-state index in [9.17, 15) is 4.79 Å². The van der Waals surface area contributed by atoms with Gasteiger partial charge in [0.1, 0.15) is 0 Å². The first kappa shape index (κ1) is 15.2. The topological polar surface area (TPSA) is 66.2 Å². The highest BCUT2D eigenvalue weighted by Crippen LogP contribution is 2.13. The first-order chi connectivity index (χ1) is 10.2. The Morgan fingerprint density at radius 2 is 2.05 bits per heavy atom. The fourth-order valence-corrected chi connectivity index (χ4v) is 2.11. The van der Waals surface area contributed by atoms with Crippen molar-refractivity contribution in [2.24, 2.45) is 0 Å². The fraction of sp³-hybridized carbons (Fsp3) is 0.400. The van der Waals surface area contributed by atoms with Crippen molar-refractivity contribution in [1.29, 1.82) is 0 Å².